The molecule has 0 unspecified atom stereocenters. The van der Waals surface area contributed by atoms with Crippen molar-refractivity contribution in [2.45, 2.75) is 0 Å². The number of fused-ring (bicyclic) bond motifs is 2. The van der Waals surface area contributed by atoms with Crippen molar-refractivity contribution in [1.82, 2.24) is 20.3 Å². The number of methoxy groups -OCH3 is 1. The normalized spacial score (nSPS) is 12.5. The SMILES string of the molecule is COc1ccc(Cl)cc1Nc1nc2nonc2nc1N/N=C\c1ccc2c(c1)OCO2. The molecule has 0 bridgehead atoms. The standard InChI is InChI=1S/C19H14ClN7O4/c1-28-13-5-3-11(20)7-12(13)22-16-17(24-19-18(23-16)26-31-27-19)25-21-8-10-2-4-14-15(6-10)30-9-29-14/h2-8H,9H2,1H3,(H,22,23,26)(H,24,25,27)/b21-8-. The number of hydrogen-bond acceptors (Lipinski definition) is 11. The summed E-state index contributed by atoms with van der Waals surface area (Å²) in [5, 5.41) is 15.4. The lowest BCUT2D eigenvalue weighted by molar-refractivity contribution is 0.174. The van der Waals surface area contributed by atoms with Crippen molar-refractivity contribution in [1.29, 1.82) is 0 Å². The van der Waals surface area contributed by atoms with E-state index in [1.54, 1.807) is 31.5 Å². The van der Waals surface area contributed by atoms with E-state index in [-0.39, 0.29) is 18.1 Å². The zero-order chi connectivity index (χ0) is 21.2. The Labute approximate surface area is 180 Å². The Balaban J connectivity index is 1.44. The first kappa shape index (κ1) is 18.9. The van der Waals surface area contributed by atoms with E-state index < -0.39 is 0 Å². The van der Waals surface area contributed by atoms with E-state index in [0.29, 0.717) is 39.6 Å². The second kappa shape index (κ2) is 7.95. The van der Waals surface area contributed by atoms with Gasteiger partial charge in [0.1, 0.15) is 5.75 Å². The van der Waals surface area contributed by atoms with Gasteiger partial charge in [-0.3, -0.25) is 5.43 Å². The Morgan fingerprint density at radius 1 is 1.03 bits per heavy atom. The van der Waals surface area contributed by atoms with Crippen LogP contribution in [0.5, 0.6) is 17.2 Å². The van der Waals surface area contributed by atoms with Crippen molar-refractivity contribution < 1.29 is 18.8 Å². The quantitative estimate of drug-likeness (QED) is 0.339. The van der Waals surface area contributed by atoms with E-state index in [4.69, 9.17) is 30.4 Å². The van der Waals surface area contributed by atoms with Gasteiger partial charge in [0, 0.05) is 5.02 Å². The number of hydrogen-bond donors (Lipinski definition) is 2. The summed E-state index contributed by atoms with van der Waals surface area (Å²) >= 11 is 6.12. The van der Waals surface area contributed by atoms with Gasteiger partial charge in [0.05, 0.1) is 19.0 Å². The van der Waals surface area contributed by atoms with Crippen LogP contribution in [-0.2, 0) is 0 Å². The molecule has 0 saturated heterocycles. The van der Waals surface area contributed by atoms with Crippen LogP contribution in [-0.4, -0.2) is 40.4 Å². The molecular formula is C19H14ClN7O4. The van der Waals surface area contributed by atoms with Crippen LogP contribution in [0.25, 0.3) is 11.3 Å². The average Bonchev–Trinajstić information content (AvgIpc) is 3.42. The molecule has 11 nitrogen and oxygen atoms in total. The number of anilines is 3. The summed E-state index contributed by atoms with van der Waals surface area (Å²) in [5.41, 5.74) is 4.71. The monoisotopic (exact) mass is 439 g/mol. The molecule has 2 aromatic heterocycles. The lowest BCUT2D eigenvalue weighted by Gasteiger charge is -2.12. The summed E-state index contributed by atoms with van der Waals surface area (Å²) in [5.74, 6) is 2.55. The second-order valence-electron chi connectivity index (χ2n) is 6.28. The van der Waals surface area contributed by atoms with Crippen molar-refractivity contribution in [3.05, 3.63) is 47.0 Å². The van der Waals surface area contributed by atoms with Crippen LogP contribution >= 0.6 is 11.6 Å². The maximum atomic E-state index is 6.12. The third-order valence-corrected chi connectivity index (χ3v) is 4.54. The van der Waals surface area contributed by atoms with Gasteiger partial charge in [-0.15, -0.1) is 0 Å². The Morgan fingerprint density at radius 3 is 2.68 bits per heavy atom. The smallest absolute Gasteiger partial charge is 0.245 e. The summed E-state index contributed by atoms with van der Waals surface area (Å²) in [6, 6.07) is 10.6. The first-order valence-electron chi connectivity index (χ1n) is 8.99. The predicted molar refractivity (Wildman–Crippen MR) is 112 cm³/mol. The maximum Gasteiger partial charge on any atom is 0.245 e. The number of rotatable bonds is 6. The van der Waals surface area contributed by atoms with Gasteiger partial charge in [-0.25, -0.2) is 9.61 Å². The fourth-order valence-corrected chi connectivity index (χ4v) is 3.04. The van der Waals surface area contributed by atoms with Crippen molar-refractivity contribution in [2.24, 2.45) is 5.10 Å². The topological polar surface area (TPSA) is 129 Å². The summed E-state index contributed by atoms with van der Waals surface area (Å²) in [6.07, 6.45) is 1.61. The number of halogens is 1. The molecule has 2 N–H and O–H groups in total. The van der Waals surface area contributed by atoms with E-state index in [0.717, 1.165) is 5.56 Å². The average molecular weight is 440 g/mol. The summed E-state index contributed by atoms with van der Waals surface area (Å²) in [7, 11) is 1.56. The minimum Gasteiger partial charge on any atom is -0.495 e. The van der Waals surface area contributed by atoms with Crippen LogP contribution in [0.1, 0.15) is 5.56 Å². The highest BCUT2D eigenvalue weighted by Gasteiger charge is 2.15. The van der Waals surface area contributed by atoms with Gasteiger partial charge < -0.3 is 19.5 Å². The van der Waals surface area contributed by atoms with Gasteiger partial charge in [-0.2, -0.15) is 10.1 Å². The zero-order valence-corrected chi connectivity index (χ0v) is 16.8. The van der Waals surface area contributed by atoms with Crippen LogP contribution < -0.4 is 25.0 Å². The molecule has 12 heteroatoms. The molecule has 2 aromatic carbocycles. The van der Waals surface area contributed by atoms with Gasteiger partial charge in [-0.1, -0.05) is 11.6 Å². The molecule has 31 heavy (non-hydrogen) atoms. The van der Waals surface area contributed by atoms with Gasteiger partial charge in [0.15, 0.2) is 23.1 Å². The van der Waals surface area contributed by atoms with Crippen LogP contribution in [0.3, 0.4) is 0 Å². The molecule has 0 spiro atoms. The number of benzene rings is 2. The number of ether oxygens (including phenoxy) is 3. The Kier molecular flexibility index (Phi) is 4.84. The fraction of sp³-hybridized carbons (Fsp3) is 0.105. The molecular weight excluding hydrogens is 426 g/mol. The lowest BCUT2D eigenvalue weighted by Crippen LogP contribution is -2.04. The van der Waals surface area contributed by atoms with Crippen LogP contribution in [0.4, 0.5) is 17.3 Å². The predicted octanol–water partition coefficient (Wildman–Crippen LogP) is 3.59. The van der Waals surface area contributed by atoms with Crippen molar-refractivity contribution in [3.63, 3.8) is 0 Å². The second-order valence-corrected chi connectivity index (χ2v) is 6.72. The molecule has 4 aromatic rings. The first-order valence-corrected chi connectivity index (χ1v) is 9.37. The number of aromatic nitrogens is 4. The fourth-order valence-electron chi connectivity index (χ4n) is 2.87. The molecule has 156 valence electrons. The Hall–Kier alpha value is -4.12. The maximum absolute atomic E-state index is 6.12. The van der Waals surface area contributed by atoms with Gasteiger partial charge in [0.25, 0.3) is 0 Å². The van der Waals surface area contributed by atoms with E-state index in [1.165, 1.54) is 0 Å². The number of hydrazone groups is 1. The third-order valence-electron chi connectivity index (χ3n) is 4.31. The molecule has 0 saturated carbocycles. The minimum atomic E-state index is 0.206. The lowest BCUT2D eigenvalue weighted by atomic mass is 10.2. The van der Waals surface area contributed by atoms with Gasteiger partial charge in [-0.05, 0) is 52.3 Å². The Bertz CT molecular complexity index is 1290. The molecule has 0 aliphatic carbocycles. The summed E-state index contributed by atoms with van der Waals surface area (Å²) < 4.78 is 20.8. The molecule has 3 heterocycles. The van der Waals surface area contributed by atoms with E-state index >= 15 is 0 Å². The van der Waals surface area contributed by atoms with Gasteiger partial charge in [0.2, 0.25) is 18.1 Å². The molecule has 0 radical (unpaired) electrons. The molecule has 1 aliphatic heterocycles. The van der Waals surface area contributed by atoms with Crippen LogP contribution in [0.15, 0.2) is 46.1 Å². The number of nitrogens with one attached hydrogen (secondary N) is 2. The molecule has 0 fully saturated rings. The summed E-state index contributed by atoms with van der Waals surface area (Å²) in [4.78, 5) is 8.76. The Morgan fingerprint density at radius 2 is 1.84 bits per heavy atom. The van der Waals surface area contributed by atoms with E-state index in [1.807, 2.05) is 18.2 Å². The van der Waals surface area contributed by atoms with Crippen molar-refractivity contribution in [2.75, 3.05) is 24.6 Å². The minimum absolute atomic E-state index is 0.206. The largest absolute Gasteiger partial charge is 0.495 e. The highest BCUT2D eigenvalue weighted by Crippen LogP contribution is 2.33. The molecule has 0 amide bonds. The number of nitrogens with zero attached hydrogens (tertiary/aromatic N) is 5. The molecule has 0 atom stereocenters. The third kappa shape index (κ3) is 3.85. The molecule has 1 aliphatic rings. The summed E-state index contributed by atoms with van der Waals surface area (Å²) in [6.45, 7) is 0.206. The van der Waals surface area contributed by atoms with E-state index in [2.05, 4.69) is 36.1 Å². The highest BCUT2D eigenvalue weighted by molar-refractivity contribution is 6.31. The highest BCUT2D eigenvalue weighted by atomic mass is 35.5. The van der Waals surface area contributed by atoms with E-state index in [9.17, 15) is 0 Å². The van der Waals surface area contributed by atoms with Gasteiger partial charge >= 0.3 is 0 Å². The van der Waals surface area contributed by atoms with Crippen molar-refractivity contribution in [3.8, 4) is 17.2 Å². The van der Waals surface area contributed by atoms with Crippen LogP contribution in [0, 0.1) is 0 Å². The molecule has 5 rings (SSSR count). The first-order chi connectivity index (χ1) is 15.2. The van der Waals surface area contributed by atoms with Crippen molar-refractivity contribution >= 4 is 46.4 Å². The zero-order valence-electron chi connectivity index (χ0n) is 16.0. The van der Waals surface area contributed by atoms with Crippen LogP contribution in [0.2, 0.25) is 5.02 Å².